The molecular formula is C19H25NO4. The van der Waals surface area contributed by atoms with E-state index in [1.165, 1.54) is 6.42 Å². The number of carboxylic acids is 1. The van der Waals surface area contributed by atoms with Crippen molar-refractivity contribution in [2.75, 3.05) is 0 Å². The molecule has 0 aliphatic heterocycles. The number of benzene rings is 1. The number of ether oxygens (including phenoxy) is 1. The molecule has 2 N–H and O–H groups in total. The van der Waals surface area contributed by atoms with Crippen LogP contribution in [0.1, 0.15) is 50.5 Å². The van der Waals surface area contributed by atoms with E-state index in [-0.39, 0.29) is 17.7 Å². The molecular weight excluding hydrogens is 306 g/mol. The maximum absolute atomic E-state index is 12.3. The highest BCUT2D eigenvalue weighted by Gasteiger charge is 2.29. The predicted molar refractivity (Wildman–Crippen MR) is 89.6 cm³/mol. The number of carbonyl (C=O) groups is 2. The van der Waals surface area contributed by atoms with Crippen LogP contribution in [-0.2, 0) is 16.1 Å². The van der Waals surface area contributed by atoms with Gasteiger partial charge in [-0.15, -0.1) is 0 Å². The summed E-state index contributed by atoms with van der Waals surface area (Å²) >= 11 is 0. The summed E-state index contributed by atoms with van der Waals surface area (Å²) in [6, 6.07) is 7.84. The average molecular weight is 331 g/mol. The van der Waals surface area contributed by atoms with Crippen LogP contribution in [0.5, 0.6) is 5.75 Å². The Morgan fingerprint density at radius 2 is 1.71 bits per heavy atom. The van der Waals surface area contributed by atoms with Gasteiger partial charge in [0.05, 0.1) is 12.0 Å². The number of hydrogen-bond donors (Lipinski definition) is 2. The Hall–Kier alpha value is -2.04. The molecule has 24 heavy (non-hydrogen) atoms. The van der Waals surface area contributed by atoms with Gasteiger partial charge < -0.3 is 15.2 Å². The van der Waals surface area contributed by atoms with Crippen LogP contribution in [0, 0.1) is 11.8 Å². The first-order chi connectivity index (χ1) is 11.6. The van der Waals surface area contributed by atoms with Crippen molar-refractivity contribution in [2.24, 2.45) is 11.8 Å². The number of amides is 1. The molecule has 1 aromatic rings. The minimum absolute atomic E-state index is 0.0253. The van der Waals surface area contributed by atoms with Crippen LogP contribution < -0.4 is 10.1 Å². The van der Waals surface area contributed by atoms with Crippen LogP contribution in [0.15, 0.2) is 24.3 Å². The van der Waals surface area contributed by atoms with Gasteiger partial charge in [0.1, 0.15) is 5.75 Å². The first-order valence-electron chi connectivity index (χ1n) is 8.88. The van der Waals surface area contributed by atoms with Crippen molar-refractivity contribution < 1.29 is 19.4 Å². The zero-order chi connectivity index (χ0) is 16.9. The zero-order valence-corrected chi connectivity index (χ0v) is 13.9. The van der Waals surface area contributed by atoms with Gasteiger partial charge in [-0.05, 0) is 51.0 Å². The van der Waals surface area contributed by atoms with Crippen LogP contribution in [0.2, 0.25) is 0 Å². The molecule has 0 heterocycles. The monoisotopic (exact) mass is 331 g/mol. The third-order valence-corrected chi connectivity index (χ3v) is 5.22. The molecule has 0 saturated heterocycles. The van der Waals surface area contributed by atoms with Crippen molar-refractivity contribution in [1.29, 1.82) is 0 Å². The van der Waals surface area contributed by atoms with Gasteiger partial charge in [0.2, 0.25) is 5.91 Å². The van der Waals surface area contributed by atoms with Crippen molar-refractivity contribution in [3.05, 3.63) is 29.8 Å². The first kappa shape index (κ1) is 16.8. The van der Waals surface area contributed by atoms with Gasteiger partial charge in [0, 0.05) is 18.0 Å². The van der Waals surface area contributed by atoms with Crippen LogP contribution in [0.4, 0.5) is 0 Å². The van der Waals surface area contributed by atoms with Crippen LogP contribution in [-0.4, -0.2) is 23.1 Å². The van der Waals surface area contributed by atoms with E-state index in [2.05, 4.69) is 5.32 Å². The number of hydrogen-bond acceptors (Lipinski definition) is 3. The summed E-state index contributed by atoms with van der Waals surface area (Å²) in [5.41, 5.74) is 0.997. The highest BCUT2D eigenvalue weighted by atomic mass is 16.5. The Bertz CT molecular complexity index is 589. The van der Waals surface area contributed by atoms with E-state index >= 15 is 0 Å². The molecule has 3 rings (SSSR count). The number of aliphatic carboxylic acids is 1. The normalized spacial score (nSPS) is 24.0. The van der Waals surface area contributed by atoms with E-state index < -0.39 is 5.97 Å². The molecule has 1 aromatic carbocycles. The lowest BCUT2D eigenvalue weighted by molar-refractivity contribution is -0.144. The second kappa shape index (κ2) is 7.69. The van der Waals surface area contributed by atoms with E-state index in [4.69, 9.17) is 9.84 Å². The fourth-order valence-corrected chi connectivity index (χ4v) is 3.36. The van der Waals surface area contributed by atoms with Crippen molar-refractivity contribution in [2.45, 2.75) is 57.6 Å². The molecule has 2 saturated carbocycles. The van der Waals surface area contributed by atoms with Gasteiger partial charge >= 0.3 is 5.97 Å². The lowest BCUT2D eigenvalue weighted by Crippen LogP contribution is -2.34. The van der Waals surface area contributed by atoms with Gasteiger partial charge in [0.25, 0.3) is 0 Å². The molecule has 0 unspecified atom stereocenters. The topological polar surface area (TPSA) is 75.6 Å². The zero-order valence-electron chi connectivity index (χ0n) is 13.9. The predicted octanol–water partition coefficient (Wildman–Crippen LogP) is 3.13. The van der Waals surface area contributed by atoms with Gasteiger partial charge in [-0.3, -0.25) is 9.59 Å². The molecule has 5 heteroatoms. The quantitative estimate of drug-likeness (QED) is 0.840. The fraction of sp³-hybridized carbons (Fsp3) is 0.579. The number of carbonyl (C=O) groups excluding carboxylic acids is 1. The molecule has 130 valence electrons. The Morgan fingerprint density at radius 1 is 1.04 bits per heavy atom. The van der Waals surface area contributed by atoms with Crippen LogP contribution in [0.3, 0.4) is 0 Å². The van der Waals surface area contributed by atoms with E-state index in [0.29, 0.717) is 38.3 Å². The second-order valence-electron chi connectivity index (χ2n) is 6.88. The van der Waals surface area contributed by atoms with Gasteiger partial charge in [0.15, 0.2) is 0 Å². The first-order valence-corrected chi connectivity index (χ1v) is 8.88. The summed E-state index contributed by atoms with van der Waals surface area (Å²) in [6.45, 7) is 0.459. The van der Waals surface area contributed by atoms with E-state index in [1.54, 1.807) is 0 Å². The molecule has 0 aromatic heterocycles. The van der Waals surface area contributed by atoms with Crippen LogP contribution in [0.25, 0.3) is 0 Å². The molecule has 0 radical (unpaired) electrons. The standard InChI is InChI=1S/C19H25NO4/c21-18(13-8-10-14(11-9-13)19(22)23)20-12-15-4-1-2-7-17(15)24-16-5-3-6-16/h1-2,4,7,13-14,16H,3,5-6,8-12H2,(H,20,21)(H,22,23). The Labute approximate surface area is 142 Å². The highest BCUT2D eigenvalue weighted by molar-refractivity contribution is 5.79. The van der Waals surface area contributed by atoms with E-state index in [1.807, 2.05) is 24.3 Å². The minimum atomic E-state index is -0.740. The minimum Gasteiger partial charge on any atom is -0.490 e. The number of carboxylic acid groups (broad SMARTS) is 1. The number of para-hydroxylation sites is 1. The summed E-state index contributed by atoms with van der Waals surface area (Å²) in [6.07, 6.45) is 6.24. The van der Waals surface area contributed by atoms with Crippen molar-refractivity contribution in [3.8, 4) is 5.75 Å². The van der Waals surface area contributed by atoms with Crippen LogP contribution >= 0.6 is 0 Å². The number of rotatable bonds is 6. The maximum atomic E-state index is 12.3. The fourth-order valence-electron chi connectivity index (χ4n) is 3.36. The molecule has 2 aliphatic rings. The highest BCUT2D eigenvalue weighted by Crippen LogP contribution is 2.30. The van der Waals surface area contributed by atoms with Gasteiger partial charge in [-0.1, -0.05) is 18.2 Å². The summed E-state index contributed by atoms with van der Waals surface area (Å²) < 4.78 is 5.98. The summed E-state index contributed by atoms with van der Waals surface area (Å²) in [4.78, 5) is 23.3. The molecule has 0 bridgehead atoms. The van der Waals surface area contributed by atoms with Gasteiger partial charge in [-0.2, -0.15) is 0 Å². The summed E-state index contributed by atoms with van der Waals surface area (Å²) in [5.74, 6) is -0.212. The van der Waals surface area contributed by atoms with Crippen molar-refractivity contribution in [3.63, 3.8) is 0 Å². The molecule has 0 spiro atoms. The molecule has 5 nitrogen and oxygen atoms in total. The summed E-state index contributed by atoms with van der Waals surface area (Å²) in [5, 5.41) is 12.0. The molecule has 1 amide bonds. The second-order valence-corrected chi connectivity index (χ2v) is 6.88. The molecule has 2 fully saturated rings. The maximum Gasteiger partial charge on any atom is 0.306 e. The largest absolute Gasteiger partial charge is 0.490 e. The average Bonchev–Trinajstić information content (AvgIpc) is 2.57. The van der Waals surface area contributed by atoms with Crippen molar-refractivity contribution >= 4 is 11.9 Å². The Morgan fingerprint density at radius 3 is 2.33 bits per heavy atom. The Kier molecular flexibility index (Phi) is 5.38. The Balaban J connectivity index is 1.50. The van der Waals surface area contributed by atoms with E-state index in [0.717, 1.165) is 24.2 Å². The van der Waals surface area contributed by atoms with E-state index in [9.17, 15) is 9.59 Å². The molecule has 2 aliphatic carbocycles. The SMILES string of the molecule is O=C(O)C1CCC(C(=O)NCc2ccccc2OC2CCC2)CC1. The summed E-state index contributed by atoms with van der Waals surface area (Å²) in [7, 11) is 0. The smallest absolute Gasteiger partial charge is 0.306 e. The lowest BCUT2D eigenvalue weighted by atomic mass is 9.81. The third kappa shape index (κ3) is 4.08. The number of nitrogens with one attached hydrogen (secondary N) is 1. The molecule has 0 atom stereocenters. The lowest BCUT2D eigenvalue weighted by Gasteiger charge is -2.28. The van der Waals surface area contributed by atoms with Crippen molar-refractivity contribution in [1.82, 2.24) is 5.32 Å². The third-order valence-electron chi connectivity index (χ3n) is 5.22. The van der Waals surface area contributed by atoms with Gasteiger partial charge in [-0.25, -0.2) is 0 Å².